The Morgan fingerprint density at radius 1 is 0.939 bits per heavy atom. The molecular formula is C24H38N4O5. The molecule has 0 aromatic heterocycles. The summed E-state index contributed by atoms with van der Waals surface area (Å²) in [7, 11) is 0. The van der Waals surface area contributed by atoms with Gasteiger partial charge in [0.15, 0.2) is 0 Å². The highest BCUT2D eigenvalue weighted by molar-refractivity contribution is 5.97. The minimum Gasteiger partial charge on any atom is -0.466 e. The number of rotatable bonds is 16. The number of benzene rings is 1. The monoisotopic (exact) mass is 462 g/mol. The lowest BCUT2D eigenvalue weighted by Crippen LogP contribution is -2.42. The molecule has 0 aliphatic heterocycles. The van der Waals surface area contributed by atoms with Crippen LogP contribution >= 0.6 is 0 Å². The fraction of sp³-hybridized carbons (Fsp3) is 0.625. The molecule has 1 aromatic rings. The molecule has 0 fully saturated rings. The molecule has 0 spiro atoms. The van der Waals surface area contributed by atoms with Gasteiger partial charge in [-0.2, -0.15) is 0 Å². The Balaban J connectivity index is 2.77. The van der Waals surface area contributed by atoms with Crippen LogP contribution in [0.4, 0.5) is 5.69 Å². The van der Waals surface area contributed by atoms with E-state index in [1.54, 1.807) is 38.1 Å². The van der Waals surface area contributed by atoms with Crippen molar-refractivity contribution in [2.45, 2.75) is 72.3 Å². The molecule has 0 saturated heterocycles. The van der Waals surface area contributed by atoms with Crippen LogP contribution in [0, 0.1) is 0 Å². The smallest absolute Gasteiger partial charge is 0.328 e. The van der Waals surface area contributed by atoms with E-state index in [-0.39, 0.29) is 26.1 Å². The number of unbranched alkanes of at least 4 members (excludes halogenated alkanes) is 2. The highest BCUT2D eigenvalue weighted by Gasteiger charge is 2.24. The van der Waals surface area contributed by atoms with Crippen molar-refractivity contribution < 1.29 is 23.9 Å². The number of esters is 2. The average molecular weight is 463 g/mol. The van der Waals surface area contributed by atoms with Gasteiger partial charge >= 0.3 is 11.9 Å². The Morgan fingerprint density at radius 2 is 1.55 bits per heavy atom. The molecule has 33 heavy (non-hydrogen) atoms. The van der Waals surface area contributed by atoms with Gasteiger partial charge in [0.2, 0.25) is 0 Å². The first-order valence-electron chi connectivity index (χ1n) is 11.8. The third-order valence-corrected chi connectivity index (χ3v) is 4.77. The van der Waals surface area contributed by atoms with Crippen LogP contribution in [0.3, 0.4) is 0 Å². The lowest BCUT2D eigenvalue weighted by atomic mass is 10.1. The first-order chi connectivity index (χ1) is 15.9. The Hall–Kier alpha value is -2.97. The molecule has 0 unspecified atom stereocenters. The number of carbonyl (C=O) groups is 3. The zero-order valence-corrected chi connectivity index (χ0v) is 20.3. The second-order valence-corrected chi connectivity index (χ2v) is 7.52. The maximum absolute atomic E-state index is 12.7. The van der Waals surface area contributed by atoms with Crippen molar-refractivity contribution in [3.05, 3.63) is 29.8 Å². The van der Waals surface area contributed by atoms with Gasteiger partial charge < -0.3 is 14.8 Å². The van der Waals surface area contributed by atoms with Crippen molar-refractivity contribution in [2.24, 2.45) is 10.3 Å². The molecule has 1 N–H and O–H groups in total. The molecule has 0 heterocycles. The Morgan fingerprint density at radius 3 is 2.09 bits per heavy atom. The zero-order chi connectivity index (χ0) is 24.5. The molecule has 0 aliphatic rings. The van der Waals surface area contributed by atoms with Gasteiger partial charge in [-0.15, -0.1) is 5.11 Å². The van der Waals surface area contributed by atoms with E-state index in [2.05, 4.69) is 29.5 Å². The summed E-state index contributed by atoms with van der Waals surface area (Å²) in [5, 5.41) is 13.3. The van der Waals surface area contributed by atoms with E-state index >= 15 is 0 Å². The summed E-state index contributed by atoms with van der Waals surface area (Å²) in [4.78, 5) is 36.5. The minimum absolute atomic E-state index is 0.00346. The van der Waals surface area contributed by atoms with Gasteiger partial charge in [-0.25, -0.2) is 4.79 Å². The predicted octanol–water partition coefficient (Wildman–Crippen LogP) is 4.59. The van der Waals surface area contributed by atoms with Gasteiger partial charge in [-0.3, -0.25) is 14.6 Å². The molecule has 1 atom stereocenters. The SMILES string of the molecule is CCCCN(CCCC)N=Nc1ccc(C(=O)N[C@@H](CCC(=O)OCC)C(=O)OCC)cc1. The van der Waals surface area contributed by atoms with Crippen molar-refractivity contribution in [3.63, 3.8) is 0 Å². The molecule has 1 aromatic carbocycles. The molecule has 9 nitrogen and oxygen atoms in total. The van der Waals surface area contributed by atoms with Gasteiger partial charge in [0.05, 0.1) is 18.9 Å². The van der Waals surface area contributed by atoms with Crippen molar-refractivity contribution in [1.82, 2.24) is 10.3 Å². The van der Waals surface area contributed by atoms with Crippen LogP contribution < -0.4 is 5.32 Å². The van der Waals surface area contributed by atoms with Crippen LogP contribution in [0.1, 0.15) is 76.6 Å². The molecule has 184 valence electrons. The minimum atomic E-state index is -0.938. The summed E-state index contributed by atoms with van der Waals surface area (Å²) in [5.41, 5.74) is 1.00. The van der Waals surface area contributed by atoms with Crippen molar-refractivity contribution in [1.29, 1.82) is 0 Å². The van der Waals surface area contributed by atoms with Crippen LogP contribution in [0.15, 0.2) is 34.6 Å². The van der Waals surface area contributed by atoms with Crippen LogP contribution in [0.2, 0.25) is 0 Å². The second-order valence-electron chi connectivity index (χ2n) is 7.52. The van der Waals surface area contributed by atoms with Crippen LogP contribution in [-0.4, -0.2) is 55.2 Å². The second kappa shape index (κ2) is 16.6. The third kappa shape index (κ3) is 11.5. The number of nitrogens with zero attached hydrogens (tertiary/aromatic N) is 3. The quantitative estimate of drug-likeness (QED) is 0.219. The maximum atomic E-state index is 12.7. The van der Waals surface area contributed by atoms with Gasteiger partial charge in [-0.05, 0) is 57.4 Å². The van der Waals surface area contributed by atoms with E-state index in [4.69, 9.17) is 9.47 Å². The van der Waals surface area contributed by atoms with E-state index in [9.17, 15) is 14.4 Å². The largest absolute Gasteiger partial charge is 0.466 e. The Kier molecular flexibility index (Phi) is 14.1. The maximum Gasteiger partial charge on any atom is 0.328 e. The number of amides is 1. The fourth-order valence-corrected chi connectivity index (χ4v) is 2.91. The first kappa shape index (κ1) is 28.1. The van der Waals surface area contributed by atoms with Crippen LogP contribution in [0.5, 0.6) is 0 Å². The fourth-order valence-electron chi connectivity index (χ4n) is 2.91. The summed E-state index contributed by atoms with van der Waals surface area (Å²) in [6.45, 7) is 9.83. The summed E-state index contributed by atoms with van der Waals surface area (Å²) in [6, 6.07) is 5.72. The van der Waals surface area contributed by atoms with E-state index in [0.717, 1.165) is 38.8 Å². The molecule has 9 heteroatoms. The Labute approximate surface area is 196 Å². The molecule has 0 radical (unpaired) electrons. The topological polar surface area (TPSA) is 110 Å². The van der Waals surface area contributed by atoms with Crippen LogP contribution in [0.25, 0.3) is 0 Å². The highest BCUT2D eigenvalue weighted by atomic mass is 16.5. The van der Waals surface area contributed by atoms with Gasteiger partial charge in [0.25, 0.3) is 5.91 Å². The number of ether oxygens (including phenoxy) is 2. The van der Waals surface area contributed by atoms with Gasteiger partial charge in [-0.1, -0.05) is 31.9 Å². The Bertz CT molecular complexity index is 744. The molecule has 0 aliphatic carbocycles. The molecule has 1 rings (SSSR count). The van der Waals surface area contributed by atoms with E-state index < -0.39 is 23.9 Å². The first-order valence-corrected chi connectivity index (χ1v) is 11.8. The summed E-state index contributed by atoms with van der Waals surface area (Å²) >= 11 is 0. The van der Waals surface area contributed by atoms with Crippen molar-refractivity contribution in [3.8, 4) is 0 Å². The van der Waals surface area contributed by atoms with Crippen LogP contribution in [-0.2, 0) is 19.1 Å². The number of hydrogen-bond acceptors (Lipinski definition) is 7. The predicted molar refractivity (Wildman–Crippen MR) is 126 cm³/mol. The van der Waals surface area contributed by atoms with Crippen molar-refractivity contribution >= 4 is 23.5 Å². The lowest BCUT2D eigenvalue weighted by Gasteiger charge is -2.17. The number of nitrogens with one attached hydrogen (secondary N) is 1. The molecular weight excluding hydrogens is 424 g/mol. The van der Waals surface area contributed by atoms with Gasteiger partial charge in [0.1, 0.15) is 6.04 Å². The molecule has 0 saturated carbocycles. The average Bonchev–Trinajstić information content (AvgIpc) is 2.81. The van der Waals surface area contributed by atoms with E-state index in [1.165, 1.54) is 0 Å². The standard InChI is InChI=1S/C24H38N4O5/c1-5-9-17-28(18-10-6-2)27-26-20-13-11-19(12-14-20)23(30)25-21(24(31)33-8-4)15-16-22(29)32-7-3/h11-14,21H,5-10,15-18H2,1-4H3,(H,25,30)/t21-/m0/s1. The van der Waals surface area contributed by atoms with Gasteiger partial charge in [0, 0.05) is 25.1 Å². The molecule has 1 amide bonds. The summed E-state index contributed by atoms with van der Waals surface area (Å²) < 4.78 is 9.92. The van der Waals surface area contributed by atoms with E-state index in [0.29, 0.717) is 11.3 Å². The number of hydrogen-bond donors (Lipinski definition) is 1. The summed E-state index contributed by atoms with van der Waals surface area (Å²) in [5.74, 6) is -1.45. The molecule has 0 bridgehead atoms. The zero-order valence-electron chi connectivity index (χ0n) is 20.3. The number of carbonyl (C=O) groups excluding carboxylic acids is 3. The third-order valence-electron chi connectivity index (χ3n) is 4.77. The normalized spacial score (nSPS) is 11.8. The van der Waals surface area contributed by atoms with Crippen molar-refractivity contribution in [2.75, 3.05) is 26.3 Å². The highest BCUT2D eigenvalue weighted by Crippen LogP contribution is 2.15. The summed E-state index contributed by atoms with van der Waals surface area (Å²) in [6.07, 6.45) is 4.40. The lowest BCUT2D eigenvalue weighted by molar-refractivity contribution is -0.146. The van der Waals surface area contributed by atoms with E-state index in [1.807, 2.05) is 5.01 Å².